The number of nitrogens with zero attached hydrogens (tertiary/aromatic N) is 2. The number of benzene rings is 1. The minimum Gasteiger partial charge on any atom is -0.375 e. The zero-order chi connectivity index (χ0) is 17.6. The summed E-state index contributed by atoms with van der Waals surface area (Å²) in [6, 6.07) is 5.30. The third-order valence-corrected chi connectivity index (χ3v) is 4.76. The lowest BCUT2D eigenvalue weighted by Gasteiger charge is -2.37. The molecule has 3 rings (SSSR count). The molecule has 0 spiro atoms. The van der Waals surface area contributed by atoms with Gasteiger partial charge in [-0.1, -0.05) is 12.1 Å². The SMILES string of the molecule is CCNC(=NCc1ccc(C)c(F)c1)N1CCOC(C2CCCO2)C1.I. The number of morpholine rings is 1. The van der Waals surface area contributed by atoms with Gasteiger partial charge in [-0.05, 0) is 43.9 Å². The molecule has 0 aliphatic carbocycles. The first-order valence-corrected chi connectivity index (χ1v) is 9.19. The Labute approximate surface area is 172 Å². The van der Waals surface area contributed by atoms with Gasteiger partial charge in [0.15, 0.2) is 5.96 Å². The highest BCUT2D eigenvalue weighted by Gasteiger charge is 2.32. The molecule has 0 saturated carbocycles. The van der Waals surface area contributed by atoms with E-state index in [1.807, 2.05) is 6.07 Å². The molecule has 0 bridgehead atoms. The lowest BCUT2D eigenvalue weighted by Crippen LogP contribution is -2.53. The van der Waals surface area contributed by atoms with Gasteiger partial charge in [-0.15, -0.1) is 24.0 Å². The summed E-state index contributed by atoms with van der Waals surface area (Å²) in [5.74, 6) is 0.678. The number of nitrogens with one attached hydrogen (secondary N) is 1. The molecular weight excluding hydrogens is 448 g/mol. The highest BCUT2D eigenvalue weighted by Crippen LogP contribution is 2.21. The molecule has 0 aromatic heterocycles. The second-order valence-corrected chi connectivity index (χ2v) is 6.66. The lowest BCUT2D eigenvalue weighted by molar-refractivity contribution is -0.0817. The van der Waals surface area contributed by atoms with Crippen molar-refractivity contribution in [2.45, 2.75) is 45.4 Å². The number of guanidine groups is 1. The number of hydrogen-bond acceptors (Lipinski definition) is 3. The molecule has 2 aliphatic rings. The molecule has 2 heterocycles. The van der Waals surface area contributed by atoms with Gasteiger partial charge in [-0.2, -0.15) is 0 Å². The summed E-state index contributed by atoms with van der Waals surface area (Å²) in [7, 11) is 0. The first-order chi connectivity index (χ1) is 12.2. The molecule has 5 nitrogen and oxygen atoms in total. The van der Waals surface area contributed by atoms with E-state index in [0.29, 0.717) is 18.7 Å². The minimum atomic E-state index is -0.178. The van der Waals surface area contributed by atoms with Gasteiger partial charge in [0.05, 0.1) is 19.3 Å². The Kier molecular flexibility index (Phi) is 8.56. The Morgan fingerprint density at radius 2 is 2.12 bits per heavy atom. The van der Waals surface area contributed by atoms with Crippen molar-refractivity contribution in [1.29, 1.82) is 0 Å². The van der Waals surface area contributed by atoms with E-state index >= 15 is 0 Å². The fourth-order valence-corrected chi connectivity index (χ4v) is 3.32. The van der Waals surface area contributed by atoms with E-state index in [4.69, 9.17) is 14.5 Å². The fourth-order valence-electron chi connectivity index (χ4n) is 3.32. The predicted molar refractivity (Wildman–Crippen MR) is 112 cm³/mol. The highest BCUT2D eigenvalue weighted by atomic mass is 127. The zero-order valence-electron chi connectivity index (χ0n) is 15.5. The molecular formula is C19H29FIN3O2. The van der Waals surface area contributed by atoms with Crippen molar-refractivity contribution in [3.63, 3.8) is 0 Å². The molecule has 0 amide bonds. The number of rotatable bonds is 4. The molecule has 0 radical (unpaired) electrons. The Bertz CT molecular complexity index is 608. The monoisotopic (exact) mass is 477 g/mol. The van der Waals surface area contributed by atoms with Crippen LogP contribution in [0.2, 0.25) is 0 Å². The maximum absolute atomic E-state index is 13.7. The average Bonchev–Trinajstić information content (AvgIpc) is 3.16. The maximum Gasteiger partial charge on any atom is 0.194 e. The van der Waals surface area contributed by atoms with Gasteiger partial charge >= 0.3 is 0 Å². The molecule has 1 aromatic rings. The largest absolute Gasteiger partial charge is 0.375 e. The zero-order valence-corrected chi connectivity index (χ0v) is 17.9. The van der Waals surface area contributed by atoms with Gasteiger partial charge in [0, 0.05) is 26.2 Å². The van der Waals surface area contributed by atoms with E-state index in [0.717, 1.165) is 50.6 Å². The van der Waals surface area contributed by atoms with Crippen LogP contribution in [-0.2, 0) is 16.0 Å². The van der Waals surface area contributed by atoms with E-state index in [1.54, 1.807) is 19.1 Å². The van der Waals surface area contributed by atoms with Crippen molar-refractivity contribution < 1.29 is 13.9 Å². The van der Waals surface area contributed by atoms with Gasteiger partial charge in [-0.3, -0.25) is 0 Å². The number of ether oxygens (including phenoxy) is 2. The fraction of sp³-hybridized carbons (Fsp3) is 0.632. The first-order valence-electron chi connectivity index (χ1n) is 9.19. The van der Waals surface area contributed by atoms with Gasteiger partial charge in [0.1, 0.15) is 11.9 Å². The summed E-state index contributed by atoms with van der Waals surface area (Å²) in [6.07, 6.45) is 2.46. The van der Waals surface area contributed by atoms with Gasteiger partial charge < -0.3 is 19.7 Å². The quantitative estimate of drug-likeness (QED) is 0.412. The third kappa shape index (κ3) is 5.53. The Morgan fingerprint density at radius 3 is 2.81 bits per heavy atom. The molecule has 2 unspecified atom stereocenters. The highest BCUT2D eigenvalue weighted by molar-refractivity contribution is 14.0. The van der Waals surface area contributed by atoms with Crippen LogP contribution in [0.4, 0.5) is 4.39 Å². The number of halogens is 2. The van der Waals surface area contributed by atoms with Crippen molar-refractivity contribution in [3.8, 4) is 0 Å². The van der Waals surface area contributed by atoms with Crippen LogP contribution in [0.1, 0.15) is 30.9 Å². The number of hydrogen-bond donors (Lipinski definition) is 1. The normalized spacial score (nSPS) is 23.7. The van der Waals surface area contributed by atoms with Crippen LogP contribution in [0.15, 0.2) is 23.2 Å². The van der Waals surface area contributed by atoms with Crippen LogP contribution in [0.25, 0.3) is 0 Å². The summed E-state index contributed by atoms with van der Waals surface area (Å²) >= 11 is 0. The second kappa shape index (κ2) is 10.4. The van der Waals surface area contributed by atoms with Crippen molar-refractivity contribution >= 4 is 29.9 Å². The van der Waals surface area contributed by atoms with Gasteiger partial charge in [0.2, 0.25) is 0 Å². The topological polar surface area (TPSA) is 46.1 Å². The van der Waals surface area contributed by atoms with Crippen molar-refractivity contribution in [1.82, 2.24) is 10.2 Å². The molecule has 1 aromatic carbocycles. The minimum absolute atomic E-state index is 0. The number of aliphatic imine (C=N–C) groups is 1. The summed E-state index contributed by atoms with van der Waals surface area (Å²) in [5.41, 5.74) is 1.54. The summed E-state index contributed by atoms with van der Waals surface area (Å²) < 4.78 is 25.4. The standard InChI is InChI=1S/C19H28FN3O2.HI/c1-3-21-19(22-12-15-7-6-14(2)16(20)11-15)23-8-10-25-18(13-23)17-5-4-9-24-17;/h6-7,11,17-18H,3-5,8-10,12-13H2,1-2H3,(H,21,22);1H. The van der Waals surface area contributed by atoms with Crippen molar-refractivity contribution in [3.05, 3.63) is 35.1 Å². The number of aryl methyl sites for hydroxylation is 1. The van der Waals surface area contributed by atoms with Crippen LogP contribution in [0.3, 0.4) is 0 Å². The van der Waals surface area contributed by atoms with E-state index in [1.165, 1.54) is 0 Å². The molecule has 2 atom stereocenters. The van der Waals surface area contributed by atoms with E-state index in [2.05, 4.69) is 17.1 Å². The molecule has 2 saturated heterocycles. The van der Waals surface area contributed by atoms with E-state index in [-0.39, 0.29) is 42.0 Å². The van der Waals surface area contributed by atoms with Crippen LogP contribution < -0.4 is 5.32 Å². The Hall–Kier alpha value is -0.930. The summed E-state index contributed by atoms with van der Waals surface area (Å²) in [4.78, 5) is 6.93. The van der Waals surface area contributed by atoms with Crippen molar-refractivity contribution in [2.75, 3.05) is 32.8 Å². The van der Waals surface area contributed by atoms with Crippen molar-refractivity contribution in [2.24, 2.45) is 4.99 Å². The van der Waals surface area contributed by atoms with E-state index in [9.17, 15) is 4.39 Å². The van der Waals surface area contributed by atoms with Crippen LogP contribution in [-0.4, -0.2) is 55.9 Å². The van der Waals surface area contributed by atoms with Crippen LogP contribution in [0.5, 0.6) is 0 Å². The van der Waals surface area contributed by atoms with Gasteiger partial charge in [-0.25, -0.2) is 9.38 Å². The summed E-state index contributed by atoms with van der Waals surface area (Å²) in [6.45, 7) is 8.16. The predicted octanol–water partition coefficient (Wildman–Crippen LogP) is 3.10. The van der Waals surface area contributed by atoms with Crippen LogP contribution in [0, 0.1) is 12.7 Å². The molecule has 1 N–H and O–H groups in total. The Morgan fingerprint density at radius 1 is 1.31 bits per heavy atom. The molecule has 146 valence electrons. The lowest BCUT2D eigenvalue weighted by atomic mass is 10.1. The molecule has 7 heteroatoms. The first kappa shape index (κ1) is 21.4. The molecule has 2 fully saturated rings. The summed E-state index contributed by atoms with van der Waals surface area (Å²) in [5, 5.41) is 3.35. The van der Waals surface area contributed by atoms with Crippen LogP contribution >= 0.6 is 24.0 Å². The van der Waals surface area contributed by atoms with E-state index < -0.39 is 0 Å². The third-order valence-electron chi connectivity index (χ3n) is 4.76. The maximum atomic E-state index is 13.7. The smallest absolute Gasteiger partial charge is 0.194 e. The second-order valence-electron chi connectivity index (χ2n) is 6.66. The molecule has 2 aliphatic heterocycles. The average molecular weight is 477 g/mol. The molecule has 26 heavy (non-hydrogen) atoms. The Balaban J connectivity index is 0.00000243. The van der Waals surface area contributed by atoms with Gasteiger partial charge in [0.25, 0.3) is 0 Å².